The Labute approximate surface area is 67.3 Å². The zero-order valence-corrected chi connectivity index (χ0v) is 6.62. The van der Waals surface area contributed by atoms with Gasteiger partial charge in [-0.1, -0.05) is 6.08 Å². The van der Waals surface area contributed by atoms with Crippen molar-refractivity contribution >= 4 is 6.41 Å². The summed E-state index contributed by atoms with van der Waals surface area (Å²) in [6, 6.07) is 0. The van der Waals surface area contributed by atoms with Gasteiger partial charge in [0.1, 0.15) is 0 Å². The SMILES string of the molecule is C=CCN1CCN([C]=O)CC1. The number of carbonyl (C=O) groups excluding carboxylic acids is 1. The summed E-state index contributed by atoms with van der Waals surface area (Å²) in [6.45, 7) is 8.08. The molecular formula is C8H13N2O. The summed E-state index contributed by atoms with van der Waals surface area (Å²) in [4.78, 5) is 14.1. The van der Waals surface area contributed by atoms with Crippen LogP contribution in [-0.4, -0.2) is 48.9 Å². The van der Waals surface area contributed by atoms with Crippen LogP contribution in [0.25, 0.3) is 0 Å². The highest BCUT2D eigenvalue weighted by atomic mass is 16.1. The van der Waals surface area contributed by atoms with Crippen molar-refractivity contribution in [2.24, 2.45) is 0 Å². The Morgan fingerprint density at radius 1 is 1.36 bits per heavy atom. The van der Waals surface area contributed by atoms with Crippen molar-refractivity contribution in [2.45, 2.75) is 0 Å². The maximum Gasteiger partial charge on any atom is 0.312 e. The van der Waals surface area contributed by atoms with Gasteiger partial charge in [-0.3, -0.25) is 9.69 Å². The highest BCUT2D eigenvalue weighted by molar-refractivity contribution is 5.48. The second kappa shape index (κ2) is 4.13. The van der Waals surface area contributed by atoms with Gasteiger partial charge in [0.25, 0.3) is 0 Å². The van der Waals surface area contributed by atoms with E-state index in [9.17, 15) is 4.79 Å². The summed E-state index contributed by atoms with van der Waals surface area (Å²) < 4.78 is 0. The van der Waals surface area contributed by atoms with E-state index in [1.807, 2.05) is 12.5 Å². The van der Waals surface area contributed by atoms with Crippen molar-refractivity contribution in [3.63, 3.8) is 0 Å². The predicted molar refractivity (Wildman–Crippen MR) is 43.9 cm³/mol. The third kappa shape index (κ3) is 2.35. The van der Waals surface area contributed by atoms with Gasteiger partial charge in [0.15, 0.2) is 0 Å². The smallest absolute Gasteiger partial charge is 0.312 e. The monoisotopic (exact) mass is 153 g/mol. The molecule has 61 valence electrons. The first kappa shape index (κ1) is 8.27. The fourth-order valence-electron chi connectivity index (χ4n) is 1.20. The highest BCUT2D eigenvalue weighted by Gasteiger charge is 2.13. The van der Waals surface area contributed by atoms with Crippen molar-refractivity contribution in [2.75, 3.05) is 32.7 Å². The number of hydrogen-bond donors (Lipinski definition) is 0. The molecule has 0 N–H and O–H groups in total. The summed E-state index contributed by atoms with van der Waals surface area (Å²) in [5, 5.41) is 0. The Kier molecular flexibility index (Phi) is 3.11. The second-order valence-corrected chi connectivity index (χ2v) is 2.67. The number of piperazine rings is 1. The predicted octanol–water partition coefficient (Wildman–Crippen LogP) is -0.143. The Hall–Kier alpha value is -0.830. The molecule has 0 atom stereocenters. The number of nitrogens with zero attached hydrogens (tertiary/aromatic N) is 2. The fraction of sp³-hybridized carbons (Fsp3) is 0.625. The third-order valence-electron chi connectivity index (χ3n) is 1.89. The molecule has 1 fully saturated rings. The largest absolute Gasteiger partial charge is 0.332 e. The summed E-state index contributed by atoms with van der Waals surface area (Å²) >= 11 is 0. The summed E-state index contributed by atoms with van der Waals surface area (Å²) in [7, 11) is 0. The first-order chi connectivity index (χ1) is 5.36. The molecule has 0 aromatic carbocycles. The summed E-state index contributed by atoms with van der Waals surface area (Å²) in [6.07, 6.45) is 3.79. The molecule has 3 nitrogen and oxygen atoms in total. The average molecular weight is 153 g/mol. The van der Waals surface area contributed by atoms with Gasteiger partial charge < -0.3 is 4.90 Å². The lowest BCUT2D eigenvalue weighted by atomic mass is 10.3. The molecule has 1 amide bonds. The molecule has 0 aromatic rings. The lowest BCUT2D eigenvalue weighted by molar-refractivity contribution is 0.193. The van der Waals surface area contributed by atoms with E-state index < -0.39 is 0 Å². The number of rotatable bonds is 3. The van der Waals surface area contributed by atoms with Crippen LogP contribution in [0.3, 0.4) is 0 Å². The summed E-state index contributed by atoms with van der Waals surface area (Å²) in [5.74, 6) is 0. The Morgan fingerprint density at radius 3 is 2.45 bits per heavy atom. The van der Waals surface area contributed by atoms with E-state index in [1.54, 1.807) is 4.90 Å². The highest BCUT2D eigenvalue weighted by Crippen LogP contribution is 1.98. The molecule has 1 heterocycles. The Bertz CT molecular complexity index is 139. The molecule has 1 aliphatic heterocycles. The zero-order valence-electron chi connectivity index (χ0n) is 6.62. The molecule has 11 heavy (non-hydrogen) atoms. The lowest BCUT2D eigenvalue weighted by Gasteiger charge is -2.30. The second-order valence-electron chi connectivity index (χ2n) is 2.67. The van der Waals surface area contributed by atoms with Crippen LogP contribution in [-0.2, 0) is 4.79 Å². The molecule has 0 aromatic heterocycles. The van der Waals surface area contributed by atoms with E-state index in [-0.39, 0.29) is 0 Å². The van der Waals surface area contributed by atoms with Crippen molar-refractivity contribution in [3.8, 4) is 0 Å². The van der Waals surface area contributed by atoms with Crippen molar-refractivity contribution < 1.29 is 4.79 Å². The molecule has 1 saturated heterocycles. The molecule has 0 bridgehead atoms. The molecule has 1 aliphatic rings. The Morgan fingerprint density at radius 2 is 2.00 bits per heavy atom. The van der Waals surface area contributed by atoms with Gasteiger partial charge in [-0.2, -0.15) is 0 Å². The molecule has 3 heteroatoms. The normalized spacial score (nSPS) is 19.8. The van der Waals surface area contributed by atoms with Crippen molar-refractivity contribution in [1.82, 2.24) is 9.80 Å². The van der Waals surface area contributed by atoms with Gasteiger partial charge in [-0.15, -0.1) is 6.58 Å². The minimum atomic E-state index is 0.803. The van der Waals surface area contributed by atoms with Crippen LogP contribution in [0.1, 0.15) is 0 Å². The van der Waals surface area contributed by atoms with Crippen LogP contribution in [0.4, 0.5) is 0 Å². The first-order valence-electron chi connectivity index (χ1n) is 3.83. The van der Waals surface area contributed by atoms with E-state index in [2.05, 4.69) is 11.5 Å². The van der Waals surface area contributed by atoms with Crippen LogP contribution in [0.2, 0.25) is 0 Å². The van der Waals surface area contributed by atoms with Gasteiger partial charge in [0, 0.05) is 32.7 Å². The standard InChI is InChI=1S/C8H13N2O/c1-2-3-9-4-6-10(8-11)7-5-9/h2H,1,3-7H2. The topological polar surface area (TPSA) is 23.6 Å². The van der Waals surface area contributed by atoms with Crippen molar-refractivity contribution in [1.29, 1.82) is 0 Å². The minimum Gasteiger partial charge on any atom is -0.332 e. The molecule has 0 unspecified atom stereocenters. The minimum absolute atomic E-state index is 0.803. The van der Waals surface area contributed by atoms with Gasteiger partial charge in [-0.05, 0) is 0 Å². The van der Waals surface area contributed by atoms with Gasteiger partial charge in [0.05, 0.1) is 0 Å². The van der Waals surface area contributed by atoms with Gasteiger partial charge >= 0.3 is 6.41 Å². The third-order valence-corrected chi connectivity index (χ3v) is 1.89. The van der Waals surface area contributed by atoms with E-state index in [4.69, 9.17) is 0 Å². The summed E-state index contributed by atoms with van der Waals surface area (Å²) in [5.41, 5.74) is 0. The number of hydrogen-bond acceptors (Lipinski definition) is 2. The molecule has 1 rings (SSSR count). The first-order valence-corrected chi connectivity index (χ1v) is 3.83. The van der Waals surface area contributed by atoms with Crippen LogP contribution in [0, 0.1) is 0 Å². The maximum atomic E-state index is 10.2. The average Bonchev–Trinajstić information content (AvgIpc) is 2.07. The van der Waals surface area contributed by atoms with Gasteiger partial charge in [-0.25, -0.2) is 0 Å². The zero-order chi connectivity index (χ0) is 8.10. The molecule has 0 spiro atoms. The number of amides is 1. The Balaban J connectivity index is 2.23. The lowest BCUT2D eigenvalue weighted by Crippen LogP contribution is -2.45. The maximum absolute atomic E-state index is 10.2. The van der Waals surface area contributed by atoms with Crippen LogP contribution in [0.15, 0.2) is 12.7 Å². The van der Waals surface area contributed by atoms with E-state index in [0.717, 1.165) is 32.7 Å². The molecule has 1 radical (unpaired) electrons. The van der Waals surface area contributed by atoms with Gasteiger partial charge in [0.2, 0.25) is 0 Å². The molecule has 0 aliphatic carbocycles. The van der Waals surface area contributed by atoms with Crippen LogP contribution in [0.5, 0.6) is 0 Å². The van der Waals surface area contributed by atoms with Crippen molar-refractivity contribution in [3.05, 3.63) is 12.7 Å². The quantitative estimate of drug-likeness (QED) is 0.527. The van der Waals surface area contributed by atoms with E-state index in [0.29, 0.717) is 0 Å². The van der Waals surface area contributed by atoms with E-state index in [1.165, 1.54) is 0 Å². The van der Waals surface area contributed by atoms with Crippen LogP contribution >= 0.6 is 0 Å². The van der Waals surface area contributed by atoms with Crippen LogP contribution < -0.4 is 0 Å². The van der Waals surface area contributed by atoms with E-state index >= 15 is 0 Å². The molecule has 0 saturated carbocycles. The fourth-order valence-corrected chi connectivity index (χ4v) is 1.20. The molecular weight excluding hydrogens is 140 g/mol.